The van der Waals surface area contributed by atoms with E-state index in [1.807, 2.05) is 12.2 Å². The predicted octanol–water partition coefficient (Wildman–Crippen LogP) is 2.51. The first-order valence-electron chi connectivity index (χ1n) is 4.08. The van der Waals surface area contributed by atoms with E-state index in [-0.39, 0.29) is 0 Å². The number of hydrogen-bond acceptors (Lipinski definition) is 1. The molecule has 0 aliphatic carbocycles. The van der Waals surface area contributed by atoms with Crippen LogP contribution in [0, 0.1) is 0 Å². The van der Waals surface area contributed by atoms with Crippen molar-refractivity contribution in [1.29, 1.82) is 0 Å². The number of hydrogen-bond donors (Lipinski definition) is 2. The number of nitrogens with one attached hydrogen (secondary N) is 1. The molecule has 0 saturated heterocycles. The Morgan fingerprint density at radius 3 is 2.83 bits per heavy atom. The van der Waals surface area contributed by atoms with Crippen molar-refractivity contribution >= 4 is 6.09 Å². The fraction of sp³-hybridized carbons (Fsp3) is 0.444. The molecule has 68 valence electrons. The fourth-order valence-corrected chi connectivity index (χ4v) is 0.672. The van der Waals surface area contributed by atoms with Crippen LogP contribution in [0.25, 0.3) is 0 Å². The van der Waals surface area contributed by atoms with Gasteiger partial charge in [0, 0.05) is 6.20 Å². The molecule has 0 aromatic carbocycles. The SMILES string of the molecule is CCCCC=CC=CNC(=O)O. The van der Waals surface area contributed by atoms with Crippen LogP contribution in [0.15, 0.2) is 24.4 Å². The zero-order chi connectivity index (χ0) is 9.23. The molecule has 0 saturated carbocycles. The summed E-state index contributed by atoms with van der Waals surface area (Å²) < 4.78 is 0. The Hall–Kier alpha value is -1.25. The van der Waals surface area contributed by atoms with Crippen LogP contribution in [-0.2, 0) is 0 Å². The van der Waals surface area contributed by atoms with E-state index in [2.05, 4.69) is 12.2 Å². The molecular weight excluding hydrogens is 154 g/mol. The van der Waals surface area contributed by atoms with Crippen molar-refractivity contribution < 1.29 is 9.90 Å². The van der Waals surface area contributed by atoms with Crippen molar-refractivity contribution in [2.24, 2.45) is 0 Å². The van der Waals surface area contributed by atoms with Crippen LogP contribution in [0.4, 0.5) is 4.79 Å². The first-order chi connectivity index (χ1) is 5.77. The number of rotatable bonds is 5. The van der Waals surface area contributed by atoms with Crippen LogP contribution in [0.2, 0.25) is 0 Å². The largest absolute Gasteiger partial charge is 0.465 e. The first-order valence-corrected chi connectivity index (χ1v) is 4.08. The van der Waals surface area contributed by atoms with Crippen molar-refractivity contribution in [2.45, 2.75) is 26.2 Å². The maximum Gasteiger partial charge on any atom is 0.408 e. The highest BCUT2D eigenvalue weighted by atomic mass is 16.4. The third-order valence-corrected chi connectivity index (χ3v) is 1.27. The third-order valence-electron chi connectivity index (χ3n) is 1.27. The van der Waals surface area contributed by atoms with E-state index in [0.29, 0.717) is 0 Å². The molecule has 0 unspecified atom stereocenters. The van der Waals surface area contributed by atoms with E-state index in [9.17, 15) is 4.79 Å². The average molecular weight is 169 g/mol. The average Bonchev–Trinajstić information content (AvgIpc) is 2.02. The molecule has 0 rings (SSSR count). The van der Waals surface area contributed by atoms with Gasteiger partial charge in [0.15, 0.2) is 0 Å². The van der Waals surface area contributed by atoms with Gasteiger partial charge in [-0.1, -0.05) is 31.9 Å². The van der Waals surface area contributed by atoms with Crippen LogP contribution in [0.3, 0.4) is 0 Å². The second-order valence-electron chi connectivity index (χ2n) is 2.38. The van der Waals surface area contributed by atoms with Crippen molar-refractivity contribution in [3.05, 3.63) is 24.4 Å². The monoisotopic (exact) mass is 169 g/mol. The molecule has 0 aromatic heterocycles. The first kappa shape index (κ1) is 10.8. The summed E-state index contributed by atoms with van der Waals surface area (Å²) in [6, 6.07) is 0. The molecule has 0 fully saturated rings. The summed E-state index contributed by atoms with van der Waals surface area (Å²) in [6.45, 7) is 2.13. The second-order valence-corrected chi connectivity index (χ2v) is 2.38. The molecule has 0 aliphatic heterocycles. The number of carbonyl (C=O) groups is 1. The lowest BCUT2D eigenvalue weighted by Crippen LogP contribution is -2.12. The summed E-state index contributed by atoms with van der Waals surface area (Å²) in [7, 11) is 0. The number of unbranched alkanes of at least 4 members (excludes halogenated alkanes) is 2. The Balaban J connectivity index is 3.33. The van der Waals surface area contributed by atoms with Crippen LogP contribution >= 0.6 is 0 Å². The minimum absolute atomic E-state index is 1.03. The van der Waals surface area contributed by atoms with Crippen molar-refractivity contribution in [3.63, 3.8) is 0 Å². The number of allylic oxidation sites excluding steroid dienone is 3. The summed E-state index contributed by atoms with van der Waals surface area (Å²) >= 11 is 0. The van der Waals surface area contributed by atoms with Crippen LogP contribution in [0.5, 0.6) is 0 Å². The summed E-state index contributed by atoms with van der Waals surface area (Å²) in [5, 5.41) is 10.3. The molecule has 0 heterocycles. The number of amides is 1. The molecule has 0 aliphatic rings. The van der Waals surface area contributed by atoms with Gasteiger partial charge in [0.1, 0.15) is 0 Å². The minimum Gasteiger partial charge on any atom is -0.465 e. The van der Waals surface area contributed by atoms with Gasteiger partial charge in [-0.25, -0.2) is 4.79 Å². The topological polar surface area (TPSA) is 49.3 Å². The van der Waals surface area contributed by atoms with Crippen molar-refractivity contribution in [3.8, 4) is 0 Å². The molecule has 3 nitrogen and oxygen atoms in total. The lowest BCUT2D eigenvalue weighted by molar-refractivity contribution is 0.198. The normalized spacial score (nSPS) is 11.1. The van der Waals surface area contributed by atoms with E-state index >= 15 is 0 Å². The predicted molar refractivity (Wildman–Crippen MR) is 49.0 cm³/mol. The van der Waals surface area contributed by atoms with Gasteiger partial charge in [-0.15, -0.1) is 0 Å². The van der Waals surface area contributed by atoms with Gasteiger partial charge >= 0.3 is 6.09 Å². The lowest BCUT2D eigenvalue weighted by atomic mass is 10.2. The Bertz CT molecular complexity index is 173. The maximum atomic E-state index is 9.95. The zero-order valence-corrected chi connectivity index (χ0v) is 7.29. The summed E-state index contributed by atoms with van der Waals surface area (Å²) in [4.78, 5) is 9.95. The molecule has 3 heteroatoms. The molecular formula is C9H15NO2. The van der Waals surface area contributed by atoms with Crippen molar-refractivity contribution in [1.82, 2.24) is 5.32 Å². The highest BCUT2D eigenvalue weighted by Crippen LogP contribution is 1.94. The molecule has 0 bridgehead atoms. The third kappa shape index (κ3) is 8.75. The van der Waals surface area contributed by atoms with E-state index in [1.165, 1.54) is 19.0 Å². The molecule has 0 spiro atoms. The van der Waals surface area contributed by atoms with E-state index in [0.717, 1.165) is 6.42 Å². The number of carboxylic acid groups (broad SMARTS) is 1. The molecule has 0 aromatic rings. The minimum atomic E-state index is -1.03. The molecule has 2 N–H and O–H groups in total. The van der Waals surface area contributed by atoms with Gasteiger partial charge in [-0.2, -0.15) is 0 Å². The van der Waals surface area contributed by atoms with Crippen LogP contribution in [0.1, 0.15) is 26.2 Å². The van der Waals surface area contributed by atoms with Gasteiger partial charge < -0.3 is 5.11 Å². The van der Waals surface area contributed by atoms with Gasteiger partial charge in [-0.3, -0.25) is 5.32 Å². The fourth-order valence-electron chi connectivity index (χ4n) is 0.672. The zero-order valence-electron chi connectivity index (χ0n) is 7.29. The van der Waals surface area contributed by atoms with Crippen molar-refractivity contribution in [2.75, 3.05) is 0 Å². The standard InChI is InChI=1S/C9H15NO2/c1-2-3-4-5-6-7-8-10-9(11)12/h5-8,10H,2-4H2,1H3,(H,11,12). The highest BCUT2D eigenvalue weighted by molar-refractivity contribution is 5.65. The highest BCUT2D eigenvalue weighted by Gasteiger charge is 1.82. The summed E-state index contributed by atoms with van der Waals surface area (Å²) in [6.07, 6.45) is 9.30. The summed E-state index contributed by atoms with van der Waals surface area (Å²) in [5.74, 6) is 0. The maximum absolute atomic E-state index is 9.95. The smallest absolute Gasteiger partial charge is 0.408 e. The Morgan fingerprint density at radius 2 is 2.25 bits per heavy atom. The molecule has 0 atom stereocenters. The van der Waals surface area contributed by atoms with Gasteiger partial charge in [0.25, 0.3) is 0 Å². The van der Waals surface area contributed by atoms with Gasteiger partial charge in [0.05, 0.1) is 0 Å². The Kier molecular flexibility index (Phi) is 7.03. The molecule has 0 radical (unpaired) electrons. The van der Waals surface area contributed by atoms with E-state index in [4.69, 9.17) is 5.11 Å². The molecule has 12 heavy (non-hydrogen) atoms. The second kappa shape index (κ2) is 7.85. The van der Waals surface area contributed by atoms with E-state index in [1.54, 1.807) is 6.08 Å². The Morgan fingerprint density at radius 1 is 1.50 bits per heavy atom. The van der Waals surface area contributed by atoms with E-state index < -0.39 is 6.09 Å². The molecule has 1 amide bonds. The van der Waals surface area contributed by atoms with Crippen LogP contribution in [-0.4, -0.2) is 11.2 Å². The lowest BCUT2D eigenvalue weighted by Gasteiger charge is -1.87. The van der Waals surface area contributed by atoms with Gasteiger partial charge in [0.2, 0.25) is 0 Å². The summed E-state index contributed by atoms with van der Waals surface area (Å²) in [5.41, 5.74) is 0. The van der Waals surface area contributed by atoms with Gasteiger partial charge in [-0.05, 0) is 12.5 Å². The van der Waals surface area contributed by atoms with Crippen LogP contribution < -0.4 is 5.32 Å². The Labute approximate surface area is 72.8 Å². The quantitative estimate of drug-likeness (QED) is 0.490.